The normalized spacial score (nSPS) is 36.1. The van der Waals surface area contributed by atoms with E-state index < -0.39 is 5.97 Å². The molecule has 0 aromatic heterocycles. The first-order valence-corrected chi connectivity index (χ1v) is 8.97. The third kappa shape index (κ3) is 3.12. The topological polar surface area (TPSA) is 75.6 Å². The van der Waals surface area contributed by atoms with E-state index in [0.29, 0.717) is 31.6 Å². The smallest absolute Gasteiger partial charge is 0.306 e. The van der Waals surface area contributed by atoms with Gasteiger partial charge in [0.05, 0.1) is 12.0 Å². The van der Waals surface area contributed by atoms with Crippen molar-refractivity contribution in [1.82, 2.24) is 5.32 Å². The zero-order chi connectivity index (χ0) is 17.2. The van der Waals surface area contributed by atoms with E-state index in [0.717, 1.165) is 12.8 Å². The van der Waals surface area contributed by atoms with Gasteiger partial charge in [-0.25, -0.2) is 0 Å². The molecule has 5 heteroatoms. The minimum absolute atomic E-state index is 0.0299. The number of hydrogen-bond acceptors (Lipinski definition) is 3. The van der Waals surface area contributed by atoms with Crippen molar-refractivity contribution in [2.24, 2.45) is 23.2 Å². The van der Waals surface area contributed by atoms with Gasteiger partial charge in [0.2, 0.25) is 5.91 Å². The molecular weight excluding hydrogens is 294 g/mol. The summed E-state index contributed by atoms with van der Waals surface area (Å²) in [5.41, 5.74) is 0.0299. The van der Waals surface area contributed by atoms with E-state index in [2.05, 4.69) is 26.1 Å². The summed E-state index contributed by atoms with van der Waals surface area (Å²) in [6, 6.07) is 0.159. The number of nitrogens with one attached hydrogen (secondary N) is 1. The lowest BCUT2D eigenvalue weighted by molar-refractivity contribution is -0.174. The number of carbonyl (C=O) groups is 2. The second kappa shape index (κ2) is 7.20. The molecule has 3 atom stereocenters. The first-order chi connectivity index (χ1) is 10.9. The van der Waals surface area contributed by atoms with Crippen LogP contribution in [0.3, 0.4) is 0 Å². The monoisotopic (exact) mass is 325 g/mol. The minimum atomic E-state index is -0.726. The fourth-order valence-electron chi connectivity index (χ4n) is 4.97. The molecule has 23 heavy (non-hydrogen) atoms. The van der Waals surface area contributed by atoms with Crippen LogP contribution in [0.5, 0.6) is 0 Å². The van der Waals surface area contributed by atoms with E-state index in [9.17, 15) is 9.59 Å². The number of rotatable bonds is 6. The highest BCUT2D eigenvalue weighted by atomic mass is 16.5. The molecule has 5 nitrogen and oxygen atoms in total. The number of carboxylic acid groups (broad SMARTS) is 1. The SMILES string of the molecule is CCC1(CC)[C@H](NC(=O)C2CCC(C(=O)O)CC2)[C@H](C)[C@H]1OC. The van der Waals surface area contributed by atoms with Crippen molar-refractivity contribution >= 4 is 11.9 Å². The Morgan fingerprint density at radius 1 is 1.13 bits per heavy atom. The van der Waals surface area contributed by atoms with Crippen LogP contribution in [0.2, 0.25) is 0 Å². The first-order valence-electron chi connectivity index (χ1n) is 8.97. The lowest BCUT2D eigenvalue weighted by atomic mass is 9.53. The number of carboxylic acids is 1. The number of amides is 1. The largest absolute Gasteiger partial charge is 0.481 e. The van der Waals surface area contributed by atoms with Gasteiger partial charge in [-0.05, 0) is 38.5 Å². The van der Waals surface area contributed by atoms with Crippen LogP contribution < -0.4 is 5.32 Å². The van der Waals surface area contributed by atoms with Gasteiger partial charge in [-0.1, -0.05) is 20.8 Å². The Morgan fingerprint density at radius 3 is 2.09 bits per heavy atom. The summed E-state index contributed by atoms with van der Waals surface area (Å²) in [5.74, 6) is -0.614. The molecule has 0 heterocycles. The zero-order valence-corrected chi connectivity index (χ0v) is 14.8. The van der Waals surface area contributed by atoms with Crippen LogP contribution in [0.4, 0.5) is 0 Å². The minimum Gasteiger partial charge on any atom is -0.481 e. The highest BCUT2D eigenvalue weighted by molar-refractivity contribution is 5.80. The number of ether oxygens (including phenoxy) is 1. The van der Waals surface area contributed by atoms with E-state index in [1.54, 1.807) is 7.11 Å². The van der Waals surface area contributed by atoms with Crippen molar-refractivity contribution in [2.75, 3.05) is 7.11 Å². The number of carbonyl (C=O) groups excluding carboxylic acids is 1. The standard InChI is InChI=1S/C18H31NO4/c1-5-18(6-2)14(11(3)15(18)23-4)19-16(20)12-7-9-13(10-8-12)17(21)22/h11-15H,5-10H2,1-4H3,(H,19,20)(H,21,22)/t11-,12?,13?,14+,15+/m0/s1. The van der Waals surface area contributed by atoms with Gasteiger partial charge in [0.15, 0.2) is 0 Å². The Bertz CT molecular complexity index is 438. The molecule has 0 spiro atoms. The Labute approximate surface area is 139 Å². The lowest BCUT2D eigenvalue weighted by Gasteiger charge is -2.60. The second-order valence-electron chi connectivity index (χ2n) is 7.33. The van der Waals surface area contributed by atoms with Gasteiger partial charge in [-0.2, -0.15) is 0 Å². The quantitative estimate of drug-likeness (QED) is 0.787. The number of methoxy groups -OCH3 is 1. The third-order valence-electron chi connectivity index (χ3n) is 6.50. The fraction of sp³-hybridized carbons (Fsp3) is 0.889. The maximum Gasteiger partial charge on any atom is 0.306 e. The van der Waals surface area contributed by atoms with Crippen LogP contribution in [0.1, 0.15) is 59.3 Å². The maximum absolute atomic E-state index is 12.6. The van der Waals surface area contributed by atoms with Gasteiger partial charge >= 0.3 is 5.97 Å². The van der Waals surface area contributed by atoms with Gasteiger partial charge < -0.3 is 15.2 Å². The summed E-state index contributed by atoms with van der Waals surface area (Å²) in [4.78, 5) is 23.7. The van der Waals surface area contributed by atoms with E-state index in [1.807, 2.05) is 0 Å². The summed E-state index contributed by atoms with van der Waals surface area (Å²) in [5, 5.41) is 12.3. The summed E-state index contributed by atoms with van der Waals surface area (Å²) < 4.78 is 5.68. The summed E-state index contributed by atoms with van der Waals surface area (Å²) in [6.45, 7) is 6.47. The predicted molar refractivity (Wildman–Crippen MR) is 88.0 cm³/mol. The third-order valence-corrected chi connectivity index (χ3v) is 6.50. The molecule has 0 aromatic carbocycles. The van der Waals surface area contributed by atoms with Gasteiger partial charge in [0.1, 0.15) is 0 Å². The summed E-state index contributed by atoms with van der Waals surface area (Å²) in [6.07, 6.45) is 4.77. The molecule has 0 unspecified atom stereocenters. The highest BCUT2D eigenvalue weighted by Gasteiger charge is 2.59. The van der Waals surface area contributed by atoms with Crippen LogP contribution in [0.25, 0.3) is 0 Å². The lowest BCUT2D eigenvalue weighted by Crippen LogP contribution is -2.70. The van der Waals surface area contributed by atoms with Crippen molar-refractivity contribution in [3.63, 3.8) is 0 Å². The van der Waals surface area contributed by atoms with Crippen LogP contribution in [0, 0.1) is 23.2 Å². The van der Waals surface area contributed by atoms with Crippen LogP contribution >= 0.6 is 0 Å². The molecule has 0 aliphatic heterocycles. The maximum atomic E-state index is 12.6. The van der Waals surface area contributed by atoms with Crippen molar-refractivity contribution in [3.8, 4) is 0 Å². The van der Waals surface area contributed by atoms with Gasteiger partial charge in [0.25, 0.3) is 0 Å². The van der Waals surface area contributed by atoms with Crippen LogP contribution in [-0.4, -0.2) is 36.2 Å². The van der Waals surface area contributed by atoms with Crippen molar-refractivity contribution in [1.29, 1.82) is 0 Å². The predicted octanol–water partition coefficient (Wildman–Crippen LogP) is 2.83. The Morgan fingerprint density at radius 2 is 1.65 bits per heavy atom. The molecule has 2 fully saturated rings. The number of hydrogen-bond donors (Lipinski definition) is 2. The van der Waals surface area contributed by atoms with Crippen molar-refractivity contribution < 1.29 is 19.4 Å². The molecule has 2 N–H and O–H groups in total. The molecule has 132 valence electrons. The molecule has 2 aliphatic carbocycles. The van der Waals surface area contributed by atoms with E-state index in [1.165, 1.54) is 0 Å². The zero-order valence-electron chi connectivity index (χ0n) is 14.8. The summed E-state index contributed by atoms with van der Waals surface area (Å²) in [7, 11) is 1.76. The van der Waals surface area contributed by atoms with Gasteiger partial charge in [0, 0.05) is 30.4 Å². The fourth-order valence-corrected chi connectivity index (χ4v) is 4.97. The Hall–Kier alpha value is -1.10. The Kier molecular flexibility index (Phi) is 5.71. The molecule has 2 aliphatic rings. The van der Waals surface area contributed by atoms with E-state index in [-0.39, 0.29) is 35.3 Å². The van der Waals surface area contributed by atoms with E-state index in [4.69, 9.17) is 9.84 Å². The molecule has 1 amide bonds. The molecule has 0 aromatic rings. The molecule has 0 saturated heterocycles. The van der Waals surface area contributed by atoms with Crippen molar-refractivity contribution in [3.05, 3.63) is 0 Å². The average molecular weight is 325 g/mol. The van der Waals surface area contributed by atoms with Gasteiger partial charge in [-0.15, -0.1) is 0 Å². The first kappa shape index (κ1) is 18.2. The van der Waals surface area contributed by atoms with Crippen LogP contribution in [0.15, 0.2) is 0 Å². The van der Waals surface area contributed by atoms with E-state index >= 15 is 0 Å². The Balaban J connectivity index is 1.96. The van der Waals surface area contributed by atoms with Gasteiger partial charge in [-0.3, -0.25) is 9.59 Å². The summed E-state index contributed by atoms with van der Waals surface area (Å²) >= 11 is 0. The highest BCUT2D eigenvalue weighted by Crippen LogP contribution is 2.52. The van der Waals surface area contributed by atoms with Crippen molar-refractivity contribution in [2.45, 2.75) is 71.4 Å². The molecule has 0 radical (unpaired) electrons. The molecule has 0 bridgehead atoms. The molecule has 2 saturated carbocycles. The average Bonchev–Trinajstić information content (AvgIpc) is 2.56. The molecular formula is C18H31NO4. The van der Waals surface area contributed by atoms with Crippen LogP contribution in [-0.2, 0) is 14.3 Å². The molecule has 2 rings (SSSR count). The number of aliphatic carboxylic acids is 1. The second-order valence-corrected chi connectivity index (χ2v) is 7.33.